The van der Waals surface area contributed by atoms with Gasteiger partial charge in [0, 0.05) is 4.90 Å². The summed E-state index contributed by atoms with van der Waals surface area (Å²) in [6, 6.07) is 5.11. The van der Waals surface area contributed by atoms with Crippen LogP contribution in [0.4, 0.5) is 4.39 Å². The number of benzene rings is 1. The molecule has 0 spiro atoms. The number of furan rings is 1. The van der Waals surface area contributed by atoms with Gasteiger partial charge in [-0.3, -0.25) is 4.21 Å². The molecular formula is C13H10ClFO4S. The van der Waals surface area contributed by atoms with Crippen LogP contribution in [0.3, 0.4) is 0 Å². The summed E-state index contributed by atoms with van der Waals surface area (Å²) in [5, 5.41) is 8.79. The number of halogens is 2. The molecule has 4 nitrogen and oxygen atoms in total. The third-order valence-electron chi connectivity index (χ3n) is 2.63. The number of carbonyl (C=O) groups is 1. The van der Waals surface area contributed by atoms with Crippen molar-refractivity contribution in [1.82, 2.24) is 0 Å². The number of hydrogen-bond acceptors (Lipinski definition) is 3. The van der Waals surface area contributed by atoms with Crippen LogP contribution in [0.5, 0.6) is 0 Å². The molecular weight excluding hydrogens is 307 g/mol. The van der Waals surface area contributed by atoms with Gasteiger partial charge in [0.15, 0.2) is 0 Å². The molecule has 106 valence electrons. The lowest BCUT2D eigenvalue weighted by molar-refractivity contribution is 0.0695. The zero-order valence-electron chi connectivity index (χ0n) is 10.4. The quantitative estimate of drug-likeness (QED) is 0.939. The molecule has 0 aliphatic carbocycles. The first kappa shape index (κ1) is 14.7. The molecule has 0 aliphatic rings. The van der Waals surface area contributed by atoms with E-state index < -0.39 is 22.6 Å². The summed E-state index contributed by atoms with van der Waals surface area (Å²) in [4.78, 5) is 11.2. The number of aromatic carboxylic acids is 1. The van der Waals surface area contributed by atoms with Crippen LogP contribution in [0.25, 0.3) is 0 Å². The first-order valence-electron chi connectivity index (χ1n) is 5.54. The van der Waals surface area contributed by atoms with Crippen molar-refractivity contribution in [3.63, 3.8) is 0 Å². The van der Waals surface area contributed by atoms with Crippen molar-refractivity contribution in [2.45, 2.75) is 17.6 Å². The molecule has 0 fully saturated rings. The third kappa shape index (κ3) is 3.08. The number of carboxylic acid groups (broad SMARTS) is 1. The minimum absolute atomic E-state index is 0.00389. The Balaban J connectivity index is 2.21. The molecule has 1 unspecified atom stereocenters. The molecule has 0 bridgehead atoms. The molecule has 2 aromatic rings. The van der Waals surface area contributed by atoms with E-state index in [1.54, 1.807) is 0 Å². The summed E-state index contributed by atoms with van der Waals surface area (Å²) >= 11 is 5.62. The van der Waals surface area contributed by atoms with E-state index in [1.165, 1.54) is 25.1 Å². The van der Waals surface area contributed by atoms with Crippen LogP contribution in [0.1, 0.15) is 21.9 Å². The standard InChI is InChI=1S/C13H10ClFO4S/c1-7-10(13(16)17)4-8(19-7)6-20(18)9-2-3-12(15)11(14)5-9/h2-5H,6H2,1H3,(H,16,17). The van der Waals surface area contributed by atoms with E-state index in [4.69, 9.17) is 21.1 Å². The van der Waals surface area contributed by atoms with E-state index in [2.05, 4.69) is 0 Å². The Morgan fingerprint density at radius 2 is 2.15 bits per heavy atom. The second kappa shape index (κ2) is 5.76. The molecule has 0 radical (unpaired) electrons. The molecule has 0 aliphatic heterocycles. The highest BCUT2D eigenvalue weighted by atomic mass is 35.5. The maximum absolute atomic E-state index is 13.0. The summed E-state index contributed by atoms with van der Waals surface area (Å²) in [6.45, 7) is 1.52. The molecule has 1 heterocycles. The second-order valence-electron chi connectivity index (χ2n) is 4.05. The summed E-state index contributed by atoms with van der Waals surface area (Å²) in [5.74, 6) is -1.15. The van der Waals surface area contributed by atoms with Gasteiger partial charge in [-0.25, -0.2) is 9.18 Å². The maximum atomic E-state index is 13.0. The largest absolute Gasteiger partial charge is 0.478 e. The Morgan fingerprint density at radius 3 is 2.70 bits per heavy atom. The first-order chi connectivity index (χ1) is 9.38. The van der Waals surface area contributed by atoms with Crippen LogP contribution in [-0.2, 0) is 16.6 Å². The van der Waals surface area contributed by atoms with E-state index in [9.17, 15) is 13.4 Å². The lowest BCUT2D eigenvalue weighted by atomic mass is 10.2. The Kier molecular flexibility index (Phi) is 4.25. The van der Waals surface area contributed by atoms with Crippen LogP contribution in [0, 0.1) is 12.7 Å². The Labute approximate surface area is 121 Å². The molecule has 2 rings (SSSR count). The van der Waals surface area contributed by atoms with Gasteiger partial charge < -0.3 is 9.52 Å². The lowest BCUT2D eigenvalue weighted by Crippen LogP contribution is -1.97. The second-order valence-corrected chi connectivity index (χ2v) is 5.91. The number of carboxylic acids is 1. The van der Waals surface area contributed by atoms with Crippen LogP contribution in [0.15, 0.2) is 33.6 Å². The summed E-state index contributed by atoms with van der Waals surface area (Å²) in [6.07, 6.45) is 0. The van der Waals surface area contributed by atoms with Gasteiger partial charge in [-0.05, 0) is 31.2 Å². The Bertz CT molecular complexity index is 696. The van der Waals surface area contributed by atoms with Crippen molar-refractivity contribution in [3.8, 4) is 0 Å². The SMILES string of the molecule is Cc1oc(CS(=O)c2ccc(F)c(Cl)c2)cc1C(=O)O. The van der Waals surface area contributed by atoms with Crippen LogP contribution in [-0.4, -0.2) is 15.3 Å². The monoisotopic (exact) mass is 316 g/mol. The van der Waals surface area contributed by atoms with Gasteiger partial charge in [0.1, 0.15) is 22.9 Å². The first-order valence-corrected chi connectivity index (χ1v) is 7.24. The summed E-state index contributed by atoms with van der Waals surface area (Å²) < 4.78 is 30.4. The highest BCUT2D eigenvalue weighted by molar-refractivity contribution is 7.84. The smallest absolute Gasteiger partial charge is 0.339 e. The van der Waals surface area contributed by atoms with Gasteiger partial charge in [0.2, 0.25) is 0 Å². The van der Waals surface area contributed by atoms with Gasteiger partial charge in [-0.15, -0.1) is 0 Å². The zero-order chi connectivity index (χ0) is 14.9. The van der Waals surface area contributed by atoms with Crippen molar-refractivity contribution in [2.75, 3.05) is 0 Å². The van der Waals surface area contributed by atoms with Gasteiger partial charge in [-0.1, -0.05) is 11.6 Å². The molecule has 7 heteroatoms. The summed E-state index contributed by atoms with van der Waals surface area (Å²) in [5.41, 5.74) is 0.0362. The van der Waals surface area contributed by atoms with Crippen LogP contribution < -0.4 is 0 Å². The minimum Gasteiger partial charge on any atom is -0.478 e. The van der Waals surface area contributed by atoms with Crippen molar-refractivity contribution in [1.29, 1.82) is 0 Å². The van der Waals surface area contributed by atoms with E-state index in [1.807, 2.05) is 0 Å². The fourth-order valence-corrected chi connectivity index (χ4v) is 2.94. The number of aryl methyl sites for hydroxylation is 1. The molecule has 1 aromatic heterocycles. The van der Waals surface area contributed by atoms with Gasteiger partial charge in [0.05, 0.1) is 21.6 Å². The zero-order valence-corrected chi connectivity index (χ0v) is 11.9. The molecule has 0 saturated heterocycles. The normalized spacial score (nSPS) is 12.3. The van der Waals surface area contributed by atoms with Gasteiger partial charge in [-0.2, -0.15) is 0 Å². The number of hydrogen-bond donors (Lipinski definition) is 1. The van der Waals surface area contributed by atoms with E-state index in [0.717, 1.165) is 6.07 Å². The van der Waals surface area contributed by atoms with Crippen molar-refractivity contribution >= 4 is 28.4 Å². The van der Waals surface area contributed by atoms with Crippen LogP contribution >= 0.6 is 11.6 Å². The highest BCUT2D eigenvalue weighted by Crippen LogP contribution is 2.22. The molecule has 0 saturated carbocycles. The topological polar surface area (TPSA) is 67.5 Å². The number of rotatable bonds is 4. The van der Waals surface area contributed by atoms with Gasteiger partial charge in [0.25, 0.3) is 0 Å². The van der Waals surface area contributed by atoms with Gasteiger partial charge >= 0.3 is 5.97 Å². The van der Waals surface area contributed by atoms with E-state index in [0.29, 0.717) is 10.7 Å². The van der Waals surface area contributed by atoms with Crippen LogP contribution in [0.2, 0.25) is 5.02 Å². The molecule has 0 amide bonds. The van der Waals surface area contributed by atoms with Crippen molar-refractivity contribution < 1.29 is 22.9 Å². The average molecular weight is 317 g/mol. The fourth-order valence-electron chi connectivity index (χ4n) is 1.66. The molecule has 1 N–H and O–H groups in total. The van der Waals surface area contributed by atoms with Crippen molar-refractivity contribution in [3.05, 3.63) is 52.2 Å². The van der Waals surface area contributed by atoms with E-state index in [-0.39, 0.29) is 22.1 Å². The molecule has 1 aromatic carbocycles. The average Bonchev–Trinajstić information content (AvgIpc) is 2.73. The van der Waals surface area contributed by atoms with Crippen molar-refractivity contribution in [2.24, 2.45) is 0 Å². The Morgan fingerprint density at radius 1 is 1.45 bits per heavy atom. The minimum atomic E-state index is -1.50. The third-order valence-corrected chi connectivity index (χ3v) is 4.24. The van der Waals surface area contributed by atoms with E-state index >= 15 is 0 Å². The fraction of sp³-hybridized carbons (Fsp3) is 0.154. The molecule has 20 heavy (non-hydrogen) atoms. The highest BCUT2D eigenvalue weighted by Gasteiger charge is 2.16. The molecule has 1 atom stereocenters. The Hall–Kier alpha value is -1.66. The maximum Gasteiger partial charge on any atom is 0.339 e. The predicted octanol–water partition coefficient (Wildman–Crippen LogP) is 3.39. The predicted molar refractivity (Wildman–Crippen MR) is 71.9 cm³/mol. The lowest BCUT2D eigenvalue weighted by Gasteiger charge is -2.01. The summed E-state index contributed by atoms with van der Waals surface area (Å²) in [7, 11) is -1.50.